The molecule has 1 aliphatic rings. The third kappa shape index (κ3) is 2.57. The van der Waals surface area contributed by atoms with Gasteiger partial charge < -0.3 is 9.84 Å². The Morgan fingerprint density at radius 1 is 1.40 bits per heavy atom. The molecule has 0 aliphatic heterocycles. The number of nitrogens with one attached hydrogen (secondary N) is 1. The third-order valence-corrected chi connectivity index (χ3v) is 3.62. The molecule has 1 aromatic carbocycles. The molecule has 20 heavy (non-hydrogen) atoms. The van der Waals surface area contributed by atoms with Crippen LogP contribution in [-0.4, -0.2) is 11.1 Å². The first kappa shape index (κ1) is 12.8. The first-order valence-corrected chi connectivity index (χ1v) is 6.72. The number of hydrogen-bond acceptors (Lipinski definition) is 3. The number of hydrogen-bond donors (Lipinski definition) is 1. The van der Waals surface area contributed by atoms with Crippen LogP contribution in [0.5, 0.6) is 0 Å². The predicted octanol–water partition coefficient (Wildman–Crippen LogP) is 2.90. The van der Waals surface area contributed by atoms with E-state index in [0.717, 1.165) is 19.3 Å². The van der Waals surface area contributed by atoms with E-state index in [9.17, 15) is 9.18 Å². The van der Waals surface area contributed by atoms with E-state index in [2.05, 4.69) is 10.5 Å². The fourth-order valence-electron chi connectivity index (χ4n) is 2.18. The minimum Gasteiger partial charge on any atom is -0.356 e. The minimum absolute atomic E-state index is 0.0618. The smallest absolute Gasteiger partial charge is 0.223 e. The number of rotatable bonds is 4. The van der Waals surface area contributed by atoms with Crippen molar-refractivity contribution in [2.75, 3.05) is 0 Å². The van der Waals surface area contributed by atoms with Crippen LogP contribution in [-0.2, 0) is 11.3 Å². The summed E-state index contributed by atoms with van der Waals surface area (Å²) in [7, 11) is 0. The molecule has 104 valence electrons. The number of carbonyl (C=O) groups is 1. The van der Waals surface area contributed by atoms with Crippen LogP contribution in [0.2, 0.25) is 0 Å². The Hall–Kier alpha value is -2.17. The molecular formula is C15H15FN2O2. The summed E-state index contributed by atoms with van der Waals surface area (Å²) in [6.45, 7) is 0.313. The zero-order chi connectivity index (χ0) is 13.9. The average molecular weight is 274 g/mol. The van der Waals surface area contributed by atoms with Crippen LogP contribution < -0.4 is 5.32 Å². The second-order valence-electron chi connectivity index (χ2n) is 5.01. The van der Waals surface area contributed by atoms with Gasteiger partial charge in [0.05, 0.1) is 12.1 Å². The van der Waals surface area contributed by atoms with E-state index in [1.54, 1.807) is 24.3 Å². The molecule has 0 radical (unpaired) electrons. The highest BCUT2D eigenvalue weighted by Gasteiger charge is 2.25. The Morgan fingerprint density at radius 3 is 2.90 bits per heavy atom. The molecule has 3 rings (SSSR count). The number of carbonyl (C=O) groups excluding carboxylic acids is 1. The Kier molecular flexibility index (Phi) is 3.50. The summed E-state index contributed by atoms with van der Waals surface area (Å²) >= 11 is 0. The first-order chi connectivity index (χ1) is 9.74. The van der Waals surface area contributed by atoms with Crippen LogP contribution in [0.3, 0.4) is 0 Å². The lowest BCUT2D eigenvalue weighted by atomic mass is 9.85. The van der Waals surface area contributed by atoms with Crippen molar-refractivity contribution in [2.45, 2.75) is 25.8 Å². The maximum atomic E-state index is 13.6. The van der Waals surface area contributed by atoms with E-state index in [1.165, 1.54) is 6.07 Å². The maximum Gasteiger partial charge on any atom is 0.223 e. The van der Waals surface area contributed by atoms with Crippen molar-refractivity contribution < 1.29 is 13.7 Å². The molecule has 4 nitrogen and oxygen atoms in total. The SMILES string of the molecule is O=C(NCc1cc(-c2ccccc2F)on1)C1CCC1. The van der Waals surface area contributed by atoms with Crippen molar-refractivity contribution in [2.24, 2.45) is 5.92 Å². The van der Waals surface area contributed by atoms with Gasteiger partial charge in [0.25, 0.3) is 0 Å². The van der Waals surface area contributed by atoms with E-state index >= 15 is 0 Å². The molecule has 1 saturated carbocycles. The molecule has 0 unspecified atom stereocenters. The van der Waals surface area contributed by atoms with E-state index in [-0.39, 0.29) is 17.6 Å². The highest BCUT2D eigenvalue weighted by molar-refractivity contribution is 5.79. The number of nitrogens with zero attached hydrogens (tertiary/aromatic N) is 1. The molecule has 1 heterocycles. The Labute approximate surface area is 116 Å². The molecule has 0 atom stereocenters. The Bertz CT molecular complexity index is 620. The lowest BCUT2D eigenvalue weighted by molar-refractivity contribution is -0.127. The van der Waals surface area contributed by atoms with E-state index in [4.69, 9.17) is 4.52 Å². The summed E-state index contributed by atoms with van der Waals surface area (Å²) in [6.07, 6.45) is 3.05. The third-order valence-electron chi connectivity index (χ3n) is 3.62. The zero-order valence-corrected chi connectivity index (χ0v) is 10.9. The molecule has 1 N–H and O–H groups in total. The van der Waals surface area contributed by atoms with Crippen LogP contribution in [0.15, 0.2) is 34.9 Å². The van der Waals surface area contributed by atoms with Crippen LogP contribution in [0, 0.1) is 11.7 Å². The van der Waals surface area contributed by atoms with Crippen molar-refractivity contribution >= 4 is 5.91 Å². The molecule has 1 aliphatic carbocycles. The summed E-state index contributed by atoms with van der Waals surface area (Å²) in [5.74, 6) is 0.226. The molecule has 1 fully saturated rings. The molecule has 0 spiro atoms. The van der Waals surface area contributed by atoms with Crippen LogP contribution in [0.1, 0.15) is 25.0 Å². The first-order valence-electron chi connectivity index (χ1n) is 6.72. The van der Waals surface area contributed by atoms with Gasteiger partial charge >= 0.3 is 0 Å². The minimum atomic E-state index is -0.353. The van der Waals surface area contributed by atoms with Gasteiger partial charge in [-0.2, -0.15) is 0 Å². The molecule has 0 bridgehead atoms. The largest absolute Gasteiger partial charge is 0.356 e. The highest BCUT2D eigenvalue weighted by Crippen LogP contribution is 2.26. The topological polar surface area (TPSA) is 55.1 Å². The van der Waals surface area contributed by atoms with Gasteiger partial charge in [-0.05, 0) is 25.0 Å². The summed E-state index contributed by atoms with van der Waals surface area (Å²) in [4.78, 5) is 11.7. The number of aromatic nitrogens is 1. The van der Waals surface area contributed by atoms with Gasteiger partial charge in [0.15, 0.2) is 5.76 Å². The van der Waals surface area contributed by atoms with Crippen molar-refractivity contribution in [3.05, 3.63) is 41.8 Å². The van der Waals surface area contributed by atoms with Gasteiger partial charge in [-0.1, -0.05) is 23.7 Å². The molecule has 1 amide bonds. The Morgan fingerprint density at radius 2 is 2.20 bits per heavy atom. The summed E-state index contributed by atoms with van der Waals surface area (Å²) in [5, 5.41) is 6.68. The average Bonchev–Trinajstić information content (AvgIpc) is 2.83. The van der Waals surface area contributed by atoms with Gasteiger partial charge in [0.1, 0.15) is 11.5 Å². The summed E-state index contributed by atoms with van der Waals surface area (Å²) in [5.41, 5.74) is 0.965. The monoisotopic (exact) mass is 274 g/mol. The van der Waals surface area contributed by atoms with Gasteiger partial charge in [0.2, 0.25) is 5.91 Å². The van der Waals surface area contributed by atoms with Crippen LogP contribution in [0.25, 0.3) is 11.3 Å². The molecule has 5 heteroatoms. The second kappa shape index (κ2) is 5.45. The quantitative estimate of drug-likeness (QED) is 0.932. The summed E-state index contributed by atoms with van der Waals surface area (Å²) < 4.78 is 18.7. The molecule has 0 saturated heterocycles. The number of amides is 1. The molecule has 1 aromatic heterocycles. The number of benzene rings is 1. The molecule has 2 aromatic rings. The fraction of sp³-hybridized carbons (Fsp3) is 0.333. The van der Waals surface area contributed by atoms with Gasteiger partial charge in [-0.25, -0.2) is 4.39 Å². The van der Waals surface area contributed by atoms with Crippen molar-refractivity contribution in [3.8, 4) is 11.3 Å². The van der Waals surface area contributed by atoms with E-state index in [0.29, 0.717) is 23.6 Å². The second-order valence-corrected chi connectivity index (χ2v) is 5.01. The lowest BCUT2D eigenvalue weighted by Crippen LogP contribution is -2.34. The molecular weight excluding hydrogens is 259 g/mol. The van der Waals surface area contributed by atoms with Gasteiger partial charge in [-0.15, -0.1) is 0 Å². The highest BCUT2D eigenvalue weighted by atomic mass is 19.1. The van der Waals surface area contributed by atoms with Gasteiger partial charge in [0, 0.05) is 12.0 Å². The fourth-order valence-corrected chi connectivity index (χ4v) is 2.18. The van der Waals surface area contributed by atoms with Crippen molar-refractivity contribution in [3.63, 3.8) is 0 Å². The predicted molar refractivity (Wildman–Crippen MR) is 71.1 cm³/mol. The maximum absolute atomic E-state index is 13.6. The van der Waals surface area contributed by atoms with Crippen molar-refractivity contribution in [1.29, 1.82) is 0 Å². The standard InChI is InChI=1S/C15H15FN2O2/c16-13-7-2-1-6-12(13)14-8-11(18-20-14)9-17-15(19)10-4-3-5-10/h1-2,6-8,10H,3-5,9H2,(H,17,19). The van der Waals surface area contributed by atoms with E-state index in [1.807, 2.05) is 0 Å². The number of halogens is 1. The van der Waals surface area contributed by atoms with E-state index < -0.39 is 0 Å². The normalized spacial score (nSPS) is 14.8. The lowest BCUT2D eigenvalue weighted by Gasteiger charge is -2.23. The van der Waals surface area contributed by atoms with Gasteiger partial charge in [-0.3, -0.25) is 4.79 Å². The van der Waals surface area contributed by atoms with Crippen molar-refractivity contribution in [1.82, 2.24) is 10.5 Å². The summed E-state index contributed by atoms with van der Waals surface area (Å²) in [6, 6.07) is 8.01. The van der Waals surface area contributed by atoms with Crippen LogP contribution >= 0.6 is 0 Å². The van der Waals surface area contributed by atoms with Crippen LogP contribution in [0.4, 0.5) is 4.39 Å². The zero-order valence-electron chi connectivity index (χ0n) is 10.9. The Balaban J connectivity index is 1.65.